The first-order valence-electron chi connectivity index (χ1n) is 11.7. The van der Waals surface area contributed by atoms with Crippen molar-refractivity contribution in [1.82, 2.24) is 29.8 Å². The van der Waals surface area contributed by atoms with Gasteiger partial charge in [-0.25, -0.2) is 4.68 Å². The number of aromatic nitrogens is 4. The molecule has 2 aliphatic heterocycles. The Hall–Kier alpha value is -2.97. The molecule has 0 atom stereocenters. The lowest BCUT2D eigenvalue weighted by molar-refractivity contribution is -0.136. The van der Waals surface area contributed by atoms with Crippen LogP contribution in [-0.2, 0) is 11.2 Å². The van der Waals surface area contributed by atoms with Crippen LogP contribution in [0.2, 0.25) is 0 Å². The Morgan fingerprint density at radius 2 is 1.72 bits per heavy atom. The molecule has 0 N–H and O–H groups in total. The molecule has 0 radical (unpaired) electrons. The van der Waals surface area contributed by atoms with Crippen LogP contribution in [0.3, 0.4) is 0 Å². The van der Waals surface area contributed by atoms with E-state index in [9.17, 15) is 9.59 Å². The molecule has 0 saturated carbocycles. The number of rotatable bonds is 5. The predicted octanol–water partition coefficient (Wildman–Crippen LogP) is 2.49. The predicted molar refractivity (Wildman–Crippen MR) is 119 cm³/mol. The summed E-state index contributed by atoms with van der Waals surface area (Å²) in [6.45, 7) is 4.95. The standard InChI is InChI=1S/C23H32N6O3/c1-3-19-18(16-24-29(19)20-8-9-21(32-2)26-25-20)23(31)28-14-10-17(11-15-28)22(30)27-12-6-4-5-7-13-27/h8-9,16-17H,3-7,10-15H2,1-2H3. The highest BCUT2D eigenvalue weighted by atomic mass is 16.5. The summed E-state index contributed by atoms with van der Waals surface area (Å²) in [7, 11) is 1.54. The van der Waals surface area contributed by atoms with Crippen molar-refractivity contribution in [3.05, 3.63) is 29.6 Å². The summed E-state index contributed by atoms with van der Waals surface area (Å²) in [5.74, 6) is 1.24. The summed E-state index contributed by atoms with van der Waals surface area (Å²) < 4.78 is 6.73. The van der Waals surface area contributed by atoms with Crippen LogP contribution in [0, 0.1) is 5.92 Å². The molecule has 0 spiro atoms. The fourth-order valence-electron chi connectivity index (χ4n) is 4.67. The van der Waals surface area contributed by atoms with Crippen LogP contribution in [0.5, 0.6) is 5.88 Å². The summed E-state index contributed by atoms with van der Waals surface area (Å²) in [5.41, 5.74) is 1.39. The summed E-state index contributed by atoms with van der Waals surface area (Å²) in [5, 5.41) is 12.6. The van der Waals surface area contributed by atoms with Gasteiger partial charge in [0.15, 0.2) is 5.82 Å². The maximum atomic E-state index is 13.3. The van der Waals surface area contributed by atoms with E-state index in [1.807, 2.05) is 16.7 Å². The number of ether oxygens (including phenoxy) is 1. The molecule has 4 heterocycles. The van der Waals surface area contributed by atoms with Crippen molar-refractivity contribution in [3.8, 4) is 11.7 Å². The van der Waals surface area contributed by atoms with Gasteiger partial charge in [-0.1, -0.05) is 19.8 Å². The van der Waals surface area contributed by atoms with Gasteiger partial charge in [-0.15, -0.1) is 10.2 Å². The maximum Gasteiger partial charge on any atom is 0.257 e. The quantitative estimate of drug-likeness (QED) is 0.709. The Morgan fingerprint density at radius 1 is 1.00 bits per heavy atom. The normalized spacial score (nSPS) is 17.8. The molecule has 9 heteroatoms. The average molecular weight is 441 g/mol. The van der Waals surface area contributed by atoms with E-state index >= 15 is 0 Å². The third-order valence-corrected chi connectivity index (χ3v) is 6.54. The zero-order valence-electron chi connectivity index (χ0n) is 19.0. The van der Waals surface area contributed by atoms with Gasteiger partial charge in [-0.3, -0.25) is 9.59 Å². The smallest absolute Gasteiger partial charge is 0.257 e. The van der Waals surface area contributed by atoms with Gasteiger partial charge in [0.1, 0.15) is 0 Å². The Balaban J connectivity index is 1.41. The Labute approximate surface area is 188 Å². The highest BCUT2D eigenvalue weighted by Gasteiger charge is 2.32. The maximum absolute atomic E-state index is 13.3. The van der Waals surface area contributed by atoms with Gasteiger partial charge in [0.05, 0.1) is 24.6 Å². The van der Waals surface area contributed by atoms with Crippen molar-refractivity contribution >= 4 is 11.8 Å². The van der Waals surface area contributed by atoms with Crippen molar-refractivity contribution in [2.75, 3.05) is 33.3 Å². The largest absolute Gasteiger partial charge is 0.480 e. The van der Waals surface area contributed by atoms with Crippen LogP contribution in [0.15, 0.2) is 18.3 Å². The second-order valence-electron chi connectivity index (χ2n) is 8.51. The summed E-state index contributed by atoms with van der Waals surface area (Å²) in [6, 6.07) is 3.49. The van der Waals surface area contributed by atoms with Crippen LogP contribution in [-0.4, -0.2) is 74.9 Å². The van der Waals surface area contributed by atoms with Gasteiger partial charge < -0.3 is 14.5 Å². The molecule has 0 aliphatic carbocycles. The molecule has 0 bridgehead atoms. The van der Waals surface area contributed by atoms with E-state index in [1.165, 1.54) is 20.0 Å². The second-order valence-corrected chi connectivity index (χ2v) is 8.51. The number of hydrogen-bond acceptors (Lipinski definition) is 6. The van der Waals surface area contributed by atoms with Gasteiger partial charge in [0.2, 0.25) is 11.8 Å². The van der Waals surface area contributed by atoms with Gasteiger partial charge in [-0.2, -0.15) is 5.10 Å². The lowest BCUT2D eigenvalue weighted by atomic mass is 9.94. The van der Waals surface area contributed by atoms with Crippen molar-refractivity contribution in [2.24, 2.45) is 5.92 Å². The van der Waals surface area contributed by atoms with E-state index in [1.54, 1.807) is 23.0 Å². The third-order valence-electron chi connectivity index (χ3n) is 6.54. The fraction of sp³-hybridized carbons (Fsp3) is 0.609. The highest BCUT2D eigenvalue weighted by molar-refractivity contribution is 5.95. The van der Waals surface area contributed by atoms with Crippen molar-refractivity contribution < 1.29 is 14.3 Å². The molecule has 2 aromatic rings. The number of hydrogen-bond donors (Lipinski definition) is 0. The zero-order chi connectivity index (χ0) is 22.5. The van der Waals surface area contributed by atoms with Gasteiger partial charge >= 0.3 is 0 Å². The van der Waals surface area contributed by atoms with Crippen molar-refractivity contribution in [1.29, 1.82) is 0 Å². The first-order valence-corrected chi connectivity index (χ1v) is 11.7. The molecule has 172 valence electrons. The summed E-state index contributed by atoms with van der Waals surface area (Å²) >= 11 is 0. The van der Waals surface area contributed by atoms with E-state index in [4.69, 9.17) is 4.74 Å². The minimum atomic E-state index is -0.0322. The highest BCUT2D eigenvalue weighted by Crippen LogP contribution is 2.24. The number of methoxy groups -OCH3 is 1. The molecule has 9 nitrogen and oxygen atoms in total. The van der Waals surface area contributed by atoms with Gasteiger partial charge in [0, 0.05) is 38.2 Å². The number of likely N-dealkylation sites (tertiary alicyclic amines) is 2. The molecule has 2 fully saturated rings. The Kier molecular flexibility index (Phi) is 7.02. The number of carbonyl (C=O) groups excluding carboxylic acids is 2. The molecule has 2 amide bonds. The van der Waals surface area contributed by atoms with Crippen molar-refractivity contribution in [2.45, 2.75) is 51.9 Å². The number of piperidine rings is 1. The first kappa shape index (κ1) is 22.2. The van der Waals surface area contributed by atoms with E-state index in [-0.39, 0.29) is 17.7 Å². The summed E-state index contributed by atoms with van der Waals surface area (Å²) in [4.78, 5) is 30.1. The minimum Gasteiger partial charge on any atom is -0.480 e. The molecule has 0 unspecified atom stereocenters. The number of nitrogens with zero attached hydrogens (tertiary/aromatic N) is 6. The molecule has 32 heavy (non-hydrogen) atoms. The van der Waals surface area contributed by atoms with Crippen LogP contribution < -0.4 is 4.74 Å². The SMILES string of the molecule is CCc1c(C(=O)N2CCC(C(=O)N3CCCCCC3)CC2)cnn1-c1ccc(OC)nn1. The molecule has 4 rings (SSSR count). The second kappa shape index (κ2) is 10.1. The minimum absolute atomic E-state index is 0.0279. The number of carbonyl (C=O) groups is 2. The van der Waals surface area contributed by atoms with Gasteiger partial charge in [-0.05, 0) is 38.2 Å². The van der Waals surface area contributed by atoms with E-state index in [0.29, 0.717) is 36.8 Å². The average Bonchev–Trinajstić information content (AvgIpc) is 3.09. The van der Waals surface area contributed by atoms with Crippen LogP contribution in [0.4, 0.5) is 0 Å². The fourth-order valence-corrected chi connectivity index (χ4v) is 4.67. The molecule has 2 saturated heterocycles. The van der Waals surface area contributed by atoms with E-state index < -0.39 is 0 Å². The monoisotopic (exact) mass is 440 g/mol. The lowest BCUT2D eigenvalue weighted by Gasteiger charge is -2.34. The first-order chi connectivity index (χ1) is 15.6. The lowest BCUT2D eigenvalue weighted by Crippen LogP contribution is -2.44. The van der Waals surface area contributed by atoms with E-state index in [2.05, 4.69) is 15.3 Å². The zero-order valence-corrected chi connectivity index (χ0v) is 19.0. The van der Waals surface area contributed by atoms with E-state index in [0.717, 1.165) is 44.5 Å². The van der Waals surface area contributed by atoms with Gasteiger partial charge in [0.25, 0.3) is 5.91 Å². The Bertz CT molecular complexity index is 926. The van der Waals surface area contributed by atoms with Crippen LogP contribution >= 0.6 is 0 Å². The Morgan fingerprint density at radius 3 is 2.31 bits per heavy atom. The van der Waals surface area contributed by atoms with Crippen LogP contribution in [0.25, 0.3) is 5.82 Å². The van der Waals surface area contributed by atoms with Crippen LogP contribution in [0.1, 0.15) is 61.5 Å². The van der Waals surface area contributed by atoms with Crippen molar-refractivity contribution in [3.63, 3.8) is 0 Å². The molecule has 0 aromatic carbocycles. The molecule has 2 aromatic heterocycles. The number of amides is 2. The molecular formula is C23H32N6O3. The topological polar surface area (TPSA) is 93.5 Å². The molecule has 2 aliphatic rings. The third kappa shape index (κ3) is 4.61. The summed E-state index contributed by atoms with van der Waals surface area (Å²) in [6.07, 6.45) is 8.33. The molecular weight excluding hydrogens is 408 g/mol.